The van der Waals surface area contributed by atoms with Crippen LogP contribution in [0.1, 0.15) is 29.7 Å². The Balaban J connectivity index is 1.48. The third-order valence-electron chi connectivity index (χ3n) is 5.45. The van der Waals surface area contributed by atoms with Gasteiger partial charge in [-0.25, -0.2) is 18.4 Å². The number of aromatic nitrogens is 4. The lowest BCUT2D eigenvalue weighted by molar-refractivity contribution is 0.598. The maximum absolute atomic E-state index is 13.0. The summed E-state index contributed by atoms with van der Waals surface area (Å²) in [5.74, 6) is 1.91. The largest absolute Gasteiger partial charge is 0.340 e. The average molecular weight is 492 g/mol. The fourth-order valence-electron chi connectivity index (χ4n) is 3.83. The van der Waals surface area contributed by atoms with Crippen LogP contribution in [-0.2, 0) is 16.6 Å². The lowest BCUT2D eigenvalue weighted by Crippen LogP contribution is -2.15. The zero-order valence-electron chi connectivity index (χ0n) is 20.4. The zero-order valence-corrected chi connectivity index (χ0v) is 21.2. The molecular weight excluding hydrogens is 462 g/mol. The number of aryl methyl sites for hydroxylation is 4. The molecule has 4 rings (SSSR count). The van der Waals surface area contributed by atoms with Crippen molar-refractivity contribution >= 4 is 38.7 Å². The molecule has 0 radical (unpaired) electrons. The Hall–Kier alpha value is -3.92. The maximum atomic E-state index is 13.0. The summed E-state index contributed by atoms with van der Waals surface area (Å²) in [7, 11) is -3.76. The molecule has 0 aliphatic heterocycles. The summed E-state index contributed by atoms with van der Waals surface area (Å²) in [5.41, 5.74) is 4.43. The van der Waals surface area contributed by atoms with Crippen LogP contribution in [-0.4, -0.2) is 28.2 Å². The van der Waals surface area contributed by atoms with Gasteiger partial charge in [-0.1, -0.05) is 17.7 Å². The van der Waals surface area contributed by atoms with E-state index in [9.17, 15) is 8.42 Å². The van der Waals surface area contributed by atoms with E-state index in [1.54, 1.807) is 42.8 Å². The van der Waals surface area contributed by atoms with Gasteiger partial charge in [-0.2, -0.15) is 5.10 Å². The quantitative estimate of drug-likeness (QED) is 0.310. The molecule has 0 amide bonds. The molecule has 0 unspecified atom stereocenters. The summed E-state index contributed by atoms with van der Waals surface area (Å²) in [6.07, 6.45) is 0. The molecule has 3 N–H and O–H groups in total. The molecule has 4 aromatic rings. The minimum atomic E-state index is -3.76. The molecular formula is C25H29N7O2S. The number of benzene rings is 2. The molecule has 9 nitrogen and oxygen atoms in total. The van der Waals surface area contributed by atoms with E-state index in [-0.39, 0.29) is 4.90 Å². The van der Waals surface area contributed by atoms with Crippen molar-refractivity contribution < 1.29 is 8.42 Å². The van der Waals surface area contributed by atoms with Crippen molar-refractivity contribution in [2.45, 2.75) is 46.1 Å². The van der Waals surface area contributed by atoms with E-state index < -0.39 is 10.0 Å². The number of nitrogens with zero attached hydrogens (tertiary/aromatic N) is 4. The first kappa shape index (κ1) is 24.2. The second-order valence-electron chi connectivity index (χ2n) is 8.30. The van der Waals surface area contributed by atoms with E-state index in [0.29, 0.717) is 41.1 Å². The molecule has 35 heavy (non-hydrogen) atoms. The van der Waals surface area contributed by atoms with Gasteiger partial charge in [0, 0.05) is 29.7 Å². The van der Waals surface area contributed by atoms with Crippen molar-refractivity contribution in [1.82, 2.24) is 19.7 Å². The van der Waals surface area contributed by atoms with Crippen molar-refractivity contribution in [2.24, 2.45) is 0 Å². The molecule has 0 aliphatic rings. The second kappa shape index (κ2) is 9.75. The first-order valence-corrected chi connectivity index (χ1v) is 12.8. The van der Waals surface area contributed by atoms with E-state index in [2.05, 4.69) is 30.4 Å². The topological polar surface area (TPSA) is 114 Å². The van der Waals surface area contributed by atoms with Crippen LogP contribution in [0.3, 0.4) is 0 Å². The van der Waals surface area contributed by atoms with E-state index in [1.165, 1.54) is 5.56 Å². The molecule has 182 valence electrons. The third-order valence-corrected chi connectivity index (χ3v) is 7.09. The van der Waals surface area contributed by atoms with Crippen molar-refractivity contribution in [3.63, 3.8) is 0 Å². The van der Waals surface area contributed by atoms with Gasteiger partial charge in [0.25, 0.3) is 10.0 Å². The third kappa shape index (κ3) is 5.60. The summed E-state index contributed by atoms with van der Waals surface area (Å²) in [6, 6.07) is 16.9. The van der Waals surface area contributed by atoms with Gasteiger partial charge in [0.1, 0.15) is 22.4 Å². The molecule has 0 aliphatic carbocycles. The molecule has 0 saturated heterocycles. The highest BCUT2D eigenvalue weighted by molar-refractivity contribution is 7.92. The molecule has 0 saturated carbocycles. The van der Waals surface area contributed by atoms with Crippen molar-refractivity contribution in [1.29, 1.82) is 0 Å². The smallest absolute Gasteiger partial charge is 0.265 e. The highest BCUT2D eigenvalue weighted by atomic mass is 32.2. The number of nitrogens with one attached hydrogen (secondary N) is 3. The van der Waals surface area contributed by atoms with Gasteiger partial charge in [-0.05, 0) is 71.0 Å². The fraction of sp³-hybridized carbons (Fsp3) is 0.240. The Morgan fingerprint density at radius 2 is 1.31 bits per heavy atom. The van der Waals surface area contributed by atoms with Crippen LogP contribution in [0.2, 0.25) is 0 Å². The SMILES string of the molecule is CCn1nc(C)c(S(=O)(=O)Nc2ccc(Nc3cc(Nc4ccc(C)cc4)nc(C)n3)cc2)c1C. The monoisotopic (exact) mass is 491 g/mol. The highest BCUT2D eigenvalue weighted by Crippen LogP contribution is 2.25. The van der Waals surface area contributed by atoms with E-state index in [0.717, 1.165) is 11.4 Å². The van der Waals surface area contributed by atoms with Crippen LogP contribution < -0.4 is 15.4 Å². The Bertz CT molecular complexity index is 1440. The number of hydrogen-bond donors (Lipinski definition) is 3. The summed E-state index contributed by atoms with van der Waals surface area (Å²) >= 11 is 0. The summed E-state index contributed by atoms with van der Waals surface area (Å²) in [6.45, 7) is 9.86. The number of sulfonamides is 1. The average Bonchev–Trinajstić information content (AvgIpc) is 3.10. The molecule has 2 aromatic heterocycles. The minimum absolute atomic E-state index is 0.214. The fourth-order valence-corrected chi connectivity index (χ4v) is 5.31. The molecule has 0 bridgehead atoms. The van der Waals surface area contributed by atoms with Crippen LogP contribution in [0.5, 0.6) is 0 Å². The standard InChI is InChI=1S/C25H29N7O2S/c1-6-32-18(4)25(17(3)30-32)35(33,34)31-22-13-11-21(12-14-22)29-24-15-23(26-19(5)27-24)28-20-9-7-16(2)8-10-20/h7-15,31H,6H2,1-5H3,(H2,26,27,28,29). The van der Waals surface area contributed by atoms with E-state index in [1.807, 2.05) is 51.1 Å². The van der Waals surface area contributed by atoms with Crippen LogP contribution in [0, 0.1) is 27.7 Å². The van der Waals surface area contributed by atoms with Gasteiger partial charge in [0.15, 0.2) is 0 Å². The van der Waals surface area contributed by atoms with Crippen LogP contribution in [0.4, 0.5) is 28.7 Å². The van der Waals surface area contributed by atoms with Crippen LogP contribution in [0.25, 0.3) is 0 Å². The number of hydrogen-bond acceptors (Lipinski definition) is 7. The van der Waals surface area contributed by atoms with Gasteiger partial charge in [0.2, 0.25) is 0 Å². The lowest BCUT2D eigenvalue weighted by atomic mass is 10.2. The lowest BCUT2D eigenvalue weighted by Gasteiger charge is -2.12. The second-order valence-corrected chi connectivity index (χ2v) is 9.92. The Morgan fingerprint density at radius 1 is 0.800 bits per heavy atom. The molecule has 2 heterocycles. The normalized spacial score (nSPS) is 11.3. The highest BCUT2D eigenvalue weighted by Gasteiger charge is 2.24. The maximum Gasteiger partial charge on any atom is 0.265 e. The molecule has 0 atom stereocenters. The van der Waals surface area contributed by atoms with Gasteiger partial charge in [-0.15, -0.1) is 0 Å². The molecule has 2 aromatic carbocycles. The van der Waals surface area contributed by atoms with E-state index >= 15 is 0 Å². The van der Waals surface area contributed by atoms with Crippen molar-refractivity contribution in [3.8, 4) is 0 Å². The molecule has 10 heteroatoms. The summed E-state index contributed by atoms with van der Waals surface area (Å²) < 4.78 is 30.3. The van der Waals surface area contributed by atoms with Crippen LogP contribution in [0.15, 0.2) is 59.5 Å². The molecule has 0 spiro atoms. The summed E-state index contributed by atoms with van der Waals surface area (Å²) in [4.78, 5) is 9.12. The summed E-state index contributed by atoms with van der Waals surface area (Å²) in [5, 5.41) is 10.9. The minimum Gasteiger partial charge on any atom is -0.340 e. The molecule has 0 fully saturated rings. The number of anilines is 5. The van der Waals surface area contributed by atoms with Gasteiger partial charge in [0.05, 0.1) is 11.4 Å². The Morgan fingerprint density at radius 3 is 1.83 bits per heavy atom. The predicted molar refractivity (Wildman–Crippen MR) is 139 cm³/mol. The number of rotatable bonds is 8. The van der Waals surface area contributed by atoms with Crippen molar-refractivity contribution in [3.05, 3.63) is 77.4 Å². The zero-order chi connectivity index (χ0) is 25.2. The first-order chi connectivity index (χ1) is 16.6. The van der Waals surface area contributed by atoms with Gasteiger partial charge >= 0.3 is 0 Å². The van der Waals surface area contributed by atoms with Crippen molar-refractivity contribution in [2.75, 3.05) is 15.4 Å². The predicted octanol–water partition coefficient (Wildman–Crippen LogP) is 5.21. The van der Waals surface area contributed by atoms with Crippen LogP contribution >= 0.6 is 0 Å². The Labute approximate surface area is 205 Å². The van der Waals surface area contributed by atoms with Gasteiger partial charge in [-0.3, -0.25) is 9.40 Å². The Kier molecular flexibility index (Phi) is 6.74. The first-order valence-electron chi connectivity index (χ1n) is 11.3. The van der Waals surface area contributed by atoms with E-state index in [4.69, 9.17) is 0 Å². The van der Waals surface area contributed by atoms with Gasteiger partial charge < -0.3 is 10.6 Å².